The van der Waals surface area contributed by atoms with Crippen molar-refractivity contribution in [2.24, 2.45) is 0 Å². The topological polar surface area (TPSA) is 44.9 Å². The van der Waals surface area contributed by atoms with Crippen molar-refractivity contribution in [1.29, 1.82) is 0 Å². The molecule has 0 unspecified atom stereocenters. The van der Waals surface area contributed by atoms with E-state index < -0.39 is 0 Å². The fourth-order valence-electron chi connectivity index (χ4n) is 3.14. The maximum atomic E-state index is 12.4. The van der Waals surface area contributed by atoms with Crippen LogP contribution in [-0.4, -0.2) is 23.2 Å². The normalized spacial score (nSPS) is 11.0. The summed E-state index contributed by atoms with van der Waals surface area (Å²) >= 11 is 9.99. The summed E-state index contributed by atoms with van der Waals surface area (Å²) in [6.07, 6.45) is 0. The summed E-state index contributed by atoms with van der Waals surface area (Å²) in [6, 6.07) is 23.7. The van der Waals surface area contributed by atoms with Gasteiger partial charge < -0.3 is 10.3 Å². The highest BCUT2D eigenvalue weighted by molar-refractivity contribution is 14.1. The van der Waals surface area contributed by atoms with Gasteiger partial charge in [0.2, 0.25) is 0 Å². The Labute approximate surface area is 192 Å². The summed E-state index contributed by atoms with van der Waals surface area (Å²) in [5.74, 6) is 0.741. The number of para-hydroxylation sites is 1. The number of rotatable bonds is 6. The fraction of sp³-hybridized carbons (Fsp3) is 0.0870. The largest absolute Gasteiger partial charge is 0.354 e. The van der Waals surface area contributed by atoms with Crippen LogP contribution in [0.25, 0.3) is 22.2 Å². The molecule has 3 aromatic carbocycles. The van der Waals surface area contributed by atoms with Crippen molar-refractivity contribution < 1.29 is 4.79 Å². The summed E-state index contributed by atoms with van der Waals surface area (Å²) in [5, 5.41) is 4.93. The van der Waals surface area contributed by atoms with E-state index in [0.717, 1.165) is 31.1 Å². The van der Waals surface area contributed by atoms with E-state index in [9.17, 15) is 4.79 Å². The molecule has 4 aromatic rings. The number of aromatic amines is 1. The maximum Gasteiger partial charge on any atom is 0.252 e. The highest BCUT2D eigenvalue weighted by Crippen LogP contribution is 2.37. The zero-order chi connectivity index (χ0) is 20.2. The number of carbonyl (C=O) groups is 1. The van der Waals surface area contributed by atoms with Crippen LogP contribution >= 0.6 is 46.0 Å². The molecule has 2 N–H and O–H groups in total. The van der Waals surface area contributed by atoms with Gasteiger partial charge in [-0.15, -0.1) is 11.8 Å². The van der Waals surface area contributed by atoms with Crippen molar-refractivity contribution in [2.45, 2.75) is 4.90 Å². The van der Waals surface area contributed by atoms with Crippen molar-refractivity contribution in [3.8, 4) is 11.3 Å². The summed E-state index contributed by atoms with van der Waals surface area (Å²) in [7, 11) is 0. The van der Waals surface area contributed by atoms with Crippen molar-refractivity contribution in [3.63, 3.8) is 0 Å². The van der Waals surface area contributed by atoms with E-state index in [1.54, 1.807) is 11.8 Å². The number of halogens is 2. The van der Waals surface area contributed by atoms with E-state index in [0.29, 0.717) is 12.1 Å². The third-order valence-corrected chi connectivity index (χ3v) is 6.86. The first-order valence-corrected chi connectivity index (χ1v) is 11.6. The lowest BCUT2D eigenvalue weighted by Crippen LogP contribution is -2.26. The number of benzene rings is 3. The second kappa shape index (κ2) is 9.24. The first kappa shape index (κ1) is 20.3. The quantitative estimate of drug-likeness (QED) is 0.167. The van der Waals surface area contributed by atoms with E-state index in [1.165, 1.54) is 10.3 Å². The maximum absolute atomic E-state index is 12.4. The van der Waals surface area contributed by atoms with Gasteiger partial charge in [0.1, 0.15) is 0 Å². The number of aromatic nitrogens is 1. The molecule has 0 spiro atoms. The molecule has 0 bridgehead atoms. The molecular weight excluding hydrogens is 515 g/mol. The van der Waals surface area contributed by atoms with Crippen molar-refractivity contribution in [2.75, 3.05) is 12.3 Å². The lowest BCUT2D eigenvalue weighted by Gasteiger charge is -2.08. The standard InChI is InChI=1S/C23H18ClIN2OS/c24-16-11-9-15(10-12-16)21-22(18-6-2-4-8-20(18)27-21)29-14-13-26-23(28)17-5-1-3-7-19(17)25/h1-12,27H,13-14H2,(H,26,28). The molecule has 4 rings (SSSR count). The van der Waals surface area contributed by atoms with Gasteiger partial charge in [0.15, 0.2) is 0 Å². The van der Waals surface area contributed by atoms with Crippen LogP contribution in [-0.2, 0) is 0 Å². The average Bonchev–Trinajstić information content (AvgIpc) is 3.10. The van der Waals surface area contributed by atoms with Crippen LogP contribution < -0.4 is 5.32 Å². The summed E-state index contributed by atoms with van der Waals surface area (Å²) < 4.78 is 0.955. The molecule has 0 fully saturated rings. The number of hydrogen-bond donors (Lipinski definition) is 2. The molecule has 0 aliphatic heterocycles. The van der Waals surface area contributed by atoms with Gasteiger partial charge in [-0.1, -0.05) is 54.1 Å². The van der Waals surface area contributed by atoms with Crippen LogP contribution in [0.5, 0.6) is 0 Å². The second-order valence-electron chi connectivity index (χ2n) is 6.47. The van der Waals surface area contributed by atoms with E-state index in [-0.39, 0.29) is 5.91 Å². The van der Waals surface area contributed by atoms with Crippen LogP contribution in [0, 0.1) is 3.57 Å². The van der Waals surface area contributed by atoms with Gasteiger partial charge in [0, 0.05) is 36.7 Å². The SMILES string of the molecule is O=C(NCCSc1c(-c2ccc(Cl)cc2)[nH]c2ccccc12)c1ccccc1I. The highest BCUT2D eigenvalue weighted by Gasteiger charge is 2.14. The van der Waals surface area contributed by atoms with Gasteiger partial charge >= 0.3 is 0 Å². The number of carbonyl (C=O) groups excluding carboxylic acids is 1. The fourth-order valence-corrected chi connectivity index (χ4v) is 4.96. The minimum Gasteiger partial charge on any atom is -0.354 e. The molecule has 0 saturated carbocycles. The first-order chi connectivity index (χ1) is 14.1. The molecule has 29 heavy (non-hydrogen) atoms. The van der Waals surface area contributed by atoms with E-state index >= 15 is 0 Å². The van der Waals surface area contributed by atoms with Crippen molar-refractivity contribution in [3.05, 3.63) is 87.0 Å². The Bertz CT molecular complexity index is 1160. The molecule has 0 radical (unpaired) electrons. The van der Waals surface area contributed by atoms with Gasteiger partial charge in [-0.2, -0.15) is 0 Å². The summed E-state index contributed by atoms with van der Waals surface area (Å²) in [5.41, 5.74) is 3.99. The van der Waals surface area contributed by atoms with Gasteiger partial charge in [0.05, 0.1) is 11.3 Å². The number of nitrogens with one attached hydrogen (secondary N) is 2. The second-order valence-corrected chi connectivity index (χ2v) is 9.17. The lowest BCUT2D eigenvalue weighted by atomic mass is 10.1. The van der Waals surface area contributed by atoms with E-state index in [2.05, 4.69) is 45.0 Å². The molecule has 0 atom stereocenters. The molecule has 1 aromatic heterocycles. The van der Waals surface area contributed by atoms with Gasteiger partial charge in [0.25, 0.3) is 5.91 Å². The molecule has 6 heteroatoms. The molecule has 3 nitrogen and oxygen atoms in total. The van der Waals surface area contributed by atoms with E-state index in [1.807, 2.05) is 60.7 Å². The van der Waals surface area contributed by atoms with Gasteiger partial charge in [-0.05, 0) is 58.5 Å². The number of hydrogen-bond acceptors (Lipinski definition) is 2. The Morgan fingerprint density at radius 1 is 1.00 bits per heavy atom. The lowest BCUT2D eigenvalue weighted by molar-refractivity contribution is 0.0955. The molecule has 0 aliphatic rings. The Morgan fingerprint density at radius 2 is 1.72 bits per heavy atom. The Balaban J connectivity index is 1.50. The number of fused-ring (bicyclic) bond motifs is 1. The van der Waals surface area contributed by atoms with Crippen molar-refractivity contribution in [1.82, 2.24) is 10.3 Å². The molecule has 0 saturated heterocycles. The average molecular weight is 533 g/mol. The summed E-state index contributed by atoms with van der Waals surface area (Å²) in [4.78, 5) is 17.1. The molecule has 1 amide bonds. The van der Waals surface area contributed by atoms with E-state index in [4.69, 9.17) is 11.6 Å². The number of amides is 1. The van der Waals surface area contributed by atoms with Crippen molar-refractivity contribution >= 4 is 62.8 Å². The van der Waals surface area contributed by atoms with Crippen LogP contribution in [0.2, 0.25) is 5.02 Å². The van der Waals surface area contributed by atoms with Crippen LogP contribution in [0.1, 0.15) is 10.4 Å². The van der Waals surface area contributed by atoms with Gasteiger partial charge in [-0.3, -0.25) is 4.79 Å². The molecule has 0 aliphatic carbocycles. The highest BCUT2D eigenvalue weighted by atomic mass is 127. The first-order valence-electron chi connectivity index (χ1n) is 9.15. The zero-order valence-electron chi connectivity index (χ0n) is 15.4. The number of thioether (sulfide) groups is 1. The van der Waals surface area contributed by atoms with Crippen LogP contribution in [0.4, 0.5) is 0 Å². The predicted octanol–water partition coefficient (Wildman–Crippen LogP) is 6.62. The minimum atomic E-state index is -0.0348. The zero-order valence-corrected chi connectivity index (χ0v) is 19.1. The molecule has 146 valence electrons. The third-order valence-electron chi connectivity index (χ3n) is 4.54. The molecule has 1 heterocycles. The summed E-state index contributed by atoms with van der Waals surface area (Å²) in [6.45, 7) is 0.591. The Kier molecular flexibility index (Phi) is 6.47. The Morgan fingerprint density at radius 3 is 2.52 bits per heavy atom. The van der Waals surface area contributed by atoms with Gasteiger partial charge in [-0.25, -0.2) is 0 Å². The monoisotopic (exact) mass is 532 g/mol. The predicted molar refractivity (Wildman–Crippen MR) is 131 cm³/mol. The Hall–Kier alpha value is -1.96. The number of H-pyrrole nitrogens is 1. The van der Waals surface area contributed by atoms with Crippen LogP contribution in [0.15, 0.2) is 77.7 Å². The molecular formula is C23H18ClIN2OS. The third kappa shape index (κ3) is 4.63. The minimum absolute atomic E-state index is 0.0348. The van der Waals surface area contributed by atoms with Crippen LogP contribution in [0.3, 0.4) is 0 Å². The smallest absolute Gasteiger partial charge is 0.252 e.